The number of amides is 1. The van der Waals surface area contributed by atoms with Crippen molar-refractivity contribution in [3.63, 3.8) is 0 Å². The van der Waals surface area contributed by atoms with Crippen molar-refractivity contribution in [2.75, 3.05) is 0 Å². The molecule has 5 nitrogen and oxygen atoms in total. The lowest BCUT2D eigenvalue weighted by molar-refractivity contribution is -0.00697. The normalized spacial score (nSPS) is 27.4. The summed E-state index contributed by atoms with van der Waals surface area (Å²) >= 11 is 0. The van der Waals surface area contributed by atoms with Gasteiger partial charge in [0.05, 0.1) is 17.9 Å². The molecule has 0 bridgehead atoms. The number of ether oxygens (including phenoxy) is 1. The first-order valence-electron chi connectivity index (χ1n) is 6.68. The third-order valence-corrected chi connectivity index (χ3v) is 3.89. The van der Waals surface area contributed by atoms with Crippen LogP contribution >= 0.6 is 0 Å². The molecular weight excluding hydrogens is 230 g/mol. The van der Waals surface area contributed by atoms with Crippen LogP contribution in [-0.2, 0) is 11.2 Å². The molecule has 2 atom stereocenters. The van der Waals surface area contributed by atoms with Gasteiger partial charge in [-0.25, -0.2) is 0 Å². The van der Waals surface area contributed by atoms with Crippen LogP contribution in [0.4, 0.5) is 0 Å². The van der Waals surface area contributed by atoms with Gasteiger partial charge in [-0.1, -0.05) is 0 Å². The number of nitrogens with one attached hydrogen (secondary N) is 2. The number of H-pyrrole nitrogens is 1. The van der Waals surface area contributed by atoms with Gasteiger partial charge >= 0.3 is 0 Å². The fraction of sp³-hybridized carbons (Fsp3) is 0.692. The molecule has 1 aliphatic carbocycles. The van der Waals surface area contributed by atoms with Gasteiger partial charge in [0, 0.05) is 18.0 Å². The zero-order chi connectivity index (χ0) is 12.7. The van der Waals surface area contributed by atoms with E-state index in [1.54, 1.807) is 0 Å². The largest absolute Gasteiger partial charge is 0.369 e. The van der Waals surface area contributed by atoms with Crippen LogP contribution in [0.2, 0.25) is 0 Å². The molecule has 2 aliphatic rings. The maximum atomic E-state index is 12.2. The molecule has 1 aromatic rings. The average molecular weight is 249 g/mol. The van der Waals surface area contributed by atoms with Crippen molar-refractivity contribution in [1.29, 1.82) is 0 Å². The third-order valence-electron chi connectivity index (χ3n) is 3.89. The highest BCUT2D eigenvalue weighted by Gasteiger charge is 2.30. The van der Waals surface area contributed by atoms with Crippen LogP contribution in [0.1, 0.15) is 61.0 Å². The fourth-order valence-electron chi connectivity index (χ4n) is 2.67. The number of carbonyl (C=O) groups is 1. The number of aromatic nitrogens is 2. The summed E-state index contributed by atoms with van der Waals surface area (Å²) in [4.78, 5) is 12.2. The van der Waals surface area contributed by atoms with Gasteiger partial charge in [-0.3, -0.25) is 9.89 Å². The predicted octanol–water partition coefficient (Wildman–Crippen LogP) is 1.71. The minimum Gasteiger partial charge on any atom is -0.369 e. The van der Waals surface area contributed by atoms with Gasteiger partial charge in [-0.05, 0) is 33.1 Å². The van der Waals surface area contributed by atoms with E-state index in [0.717, 1.165) is 30.5 Å². The average Bonchev–Trinajstić information content (AvgIpc) is 2.67. The van der Waals surface area contributed by atoms with Crippen molar-refractivity contribution in [2.24, 2.45) is 0 Å². The quantitative estimate of drug-likeness (QED) is 0.838. The number of carbonyl (C=O) groups excluding carboxylic acids is 1. The molecule has 3 rings (SSSR count). The van der Waals surface area contributed by atoms with E-state index >= 15 is 0 Å². The van der Waals surface area contributed by atoms with Crippen LogP contribution in [0.5, 0.6) is 0 Å². The molecule has 1 amide bonds. The summed E-state index contributed by atoms with van der Waals surface area (Å²) in [5.74, 6) is -0.0431. The zero-order valence-electron chi connectivity index (χ0n) is 10.8. The molecule has 1 fully saturated rings. The summed E-state index contributed by atoms with van der Waals surface area (Å²) in [5.41, 5.74) is 2.53. The highest BCUT2D eigenvalue weighted by molar-refractivity contribution is 5.94. The smallest absolute Gasteiger partial charge is 0.272 e. The maximum absolute atomic E-state index is 12.2. The van der Waals surface area contributed by atoms with Crippen LogP contribution in [0.25, 0.3) is 0 Å². The van der Waals surface area contributed by atoms with Crippen molar-refractivity contribution in [1.82, 2.24) is 15.5 Å². The molecule has 0 saturated heterocycles. The Hall–Kier alpha value is -1.36. The van der Waals surface area contributed by atoms with Crippen LogP contribution in [0, 0.1) is 0 Å². The Bertz CT molecular complexity index is 465. The van der Waals surface area contributed by atoms with Crippen molar-refractivity contribution in [2.45, 2.75) is 57.8 Å². The number of rotatable bonds is 2. The van der Waals surface area contributed by atoms with Gasteiger partial charge in [0.15, 0.2) is 5.69 Å². The summed E-state index contributed by atoms with van der Waals surface area (Å²) < 4.78 is 5.72. The molecule has 0 spiro atoms. The van der Waals surface area contributed by atoms with Gasteiger partial charge in [0.2, 0.25) is 0 Å². The van der Waals surface area contributed by atoms with Gasteiger partial charge in [0.25, 0.3) is 5.91 Å². The van der Waals surface area contributed by atoms with E-state index in [4.69, 9.17) is 4.74 Å². The molecule has 2 N–H and O–H groups in total. The summed E-state index contributed by atoms with van der Waals surface area (Å²) in [6.07, 6.45) is 4.28. The van der Waals surface area contributed by atoms with Crippen LogP contribution in [-0.4, -0.2) is 28.3 Å². The second-order valence-corrected chi connectivity index (χ2v) is 5.36. The first-order chi connectivity index (χ1) is 8.65. The van der Waals surface area contributed by atoms with E-state index in [9.17, 15) is 4.79 Å². The van der Waals surface area contributed by atoms with E-state index in [1.807, 2.05) is 13.8 Å². The number of nitrogens with zero attached hydrogens (tertiary/aromatic N) is 1. The molecule has 0 radical (unpaired) electrons. The topological polar surface area (TPSA) is 67.0 Å². The van der Waals surface area contributed by atoms with Crippen LogP contribution in [0.3, 0.4) is 0 Å². The van der Waals surface area contributed by atoms with Crippen molar-refractivity contribution >= 4 is 5.91 Å². The van der Waals surface area contributed by atoms with Crippen LogP contribution in [0.15, 0.2) is 0 Å². The number of aromatic amines is 1. The summed E-state index contributed by atoms with van der Waals surface area (Å²) in [7, 11) is 0. The van der Waals surface area contributed by atoms with E-state index < -0.39 is 0 Å². The highest BCUT2D eigenvalue weighted by atomic mass is 16.5. The molecule has 18 heavy (non-hydrogen) atoms. The zero-order valence-corrected chi connectivity index (χ0v) is 10.8. The fourth-order valence-corrected chi connectivity index (χ4v) is 2.67. The Kier molecular flexibility index (Phi) is 2.86. The third kappa shape index (κ3) is 1.92. The van der Waals surface area contributed by atoms with Crippen molar-refractivity contribution in [3.8, 4) is 0 Å². The lowest BCUT2D eigenvalue weighted by Crippen LogP contribution is -2.40. The Morgan fingerprint density at radius 2 is 2.22 bits per heavy atom. The molecule has 98 valence electrons. The first-order valence-corrected chi connectivity index (χ1v) is 6.68. The Labute approximate surface area is 106 Å². The lowest BCUT2D eigenvalue weighted by atomic mass is 9.92. The van der Waals surface area contributed by atoms with Crippen molar-refractivity contribution in [3.05, 3.63) is 17.0 Å². The molecule has 1 saturated carbocycles. The number of hydrogen-bond acceptors (Lipinski definition) is 3. The lowest BCUT2D eigenvalue weighted by Gasteiger charge is -2.27. The van der Waals surface area contributed by atoms with Gasteiger partial charge in [0.1, 0.15) is 0 Å². The van der Waals surface area contributed by atoms with E-state index in [1.165, 1.54) is 6.42 Å². The van der Waals surface area contributed by atoms with E-state index in [2.05, 4.69) is 15.5 Å². The molecule has 1 aliphatic heterocycles. The number of fused-ring (bicyclic) bond motifs is 1. The van der Waals surface area contributed by atoms with Crippen molar-refractivity contribution < 1.29 is 9.53 Å². The number of hydrogen-bond donors (Lipinski definition) is 2. The van der Waals surface area contributed by atoms with Gasteiger partial charge < -0.3 is 10.1 Å². The molecule has 0 aromatic carbocycles. The van der Waals surface area contributed by atoms with E-state index in [-0.39, 0.29) is 18.1 Å². The second-order valence-electron chi connectivity index (χ2n) is 5.36. The second kappa shape index (κ2) is 4.39. The Morgan fingerprint density at radius 1 is 1.44 bits per heavy atom. The minimum absolute atomic E-state index is 0.0125. The summed E-state index contributed by atoms with van der Waals surface area (Å²) in [5, 5.41) is 10.2. The summed E-state index contributed by atoms with van der Waals surface area (Å²) in [6.45, 7) is 4.01. The van der Waals surface area contributed by atoms with Gasteiger partial charge in [-0.2, -0.15) is 5.10 Å². The molecule has 2 heterocycles. The molecule has 0 unspecified atom stereocenters. The summed E-state index contributed by atoms with van der Waals surface area (Å²) in [6, 6.07) is 0.347. The Balaban J connectivity index is 1.82. The monoisotopic (exact) mass is 249 g/mol. The first kappa shape index (κ1) is 11.7. The SMILES string of the molecule is C[C@@H]1Cc2c(C(=O)NC3CCC3)n[nH]c2[C@H](C)O1. The molecular formula is C13H19N3O2. The minimum atomic E-state index is -0.0431. The Morgan fingerprint density at radius 3 is 2.89 bits per heavy atom. The van der Waals surface area contributed by atoms with Crippen LogP contribution < -0.4 is 5.32 Å². The highest BCUT2D eigenvalue weighted by Crippen LogP contribution is 2.30. The predicted molar refractivity (Wildman–Crippen MR) is 66.4 cm³/mol. The van der Waals surface area contributed by atoms with E-state index in [0.29, 0.717) is 11.7 Å². The molecule has 5 heteroatoms. The molecule has 1 aromatic heterocycles. The maximum Gasteiger partial charge on any atom is 0.272 e. The standard InChI is InChI=1S/C13H19N3O2/c1-7-6-10-11(8(2)18-7)15-16-12(10)13(17)14-9-4-3-5-9/h7-9H,3-6H2,1-2H3,(H,14,17)(H,15,16)/t7-,8+/m1/s1. The van der Waals surface area contributed by atoms with Gasteiger partial charge in [-0.15, -0.1) is 0 Å².